The van der Waals surface area contributed by atoms with Gasteiger partial charge in [-0.15, -0.1) is 0 Å². The quantitative estimate of drug-likeness (QED) is 0.336. The summed E-state index contributed by atoms with van der Waals surface area (Å²) in [6.45, 7) is 0.343. The smallest absolute Gasteiger partial charge is 0.422 e. The van der Waals surface area contributed by atoms with Crippen LogP contribution in [0.1, 0.15) is 89.0 Å². The fraction of sp³-hybridized carbons (Fsp3) is 0.760. The largest absolute Gasteiger partial charge is 0.478 e. The average molecular weight is 483 g/mol. The van der Waals surface area contributed by atoms with Gasteiger partial charge in [-0.25, -0.2) is 17.6 Å². The number of ether oxygens (including phenoxy) is 1. The van der Waals surface area contributed by atoms with Crippen LogP contribution in [0.4, 0.5) is 30.7 Å². The number of rotatable bonds is 8. The third-order valence-electron chi connectivity index (χ3n) is 7.42. The van der Waals surface area contributed by atoms with E-state index in [-0.39, 0.29) is 18.3 Å². The number of halogens is 7. The maximum atomic E-state index is 14.9. The Morgan fingerprint density at radius 2 is 1.36 bits per heavy atom. The molecule has 2 aliphatic carbocycles. The lowest BCUT2D eigenvalue weighted by atomic mass is 9.72. The number of hydrogen-bond donors (Lipinski definition) is 0. The SMILES string of the molecule is CCCC1CCC(C(F)(F)CC2CCC(c3cc(F)c(OCC(F)(F)F)c(F)c3)CC2)CC1. The molecule has 2 aliphatic rings. The molecular weight excluding hydrogens is 449 g/mol. The lowest BCUT2D eigenvalue weighted by Gasteiger charge is -2.37. The Labute approximate surface area is 191 Å². The minimum absolute atomic E-state index is 0.131. The topological polar surface area (TPSA) is 9.23 Å². The van der Waals surface area contributed by atoms with Crippen LogP contribution < -0.4 is 4.74 Å². The van der Waals surface area contributed by atoms with Gasteiger partial charge in [0.2, 0.25) is 0 Å². The molecule has 0 heterocycles. The first-order valence-corrected chi connectivity index (χ1v) is 12.0. The normalized spacial score (nSPS) is 26.9. The van der Waals surface area contributed by atoms with Gasteiger partial charge in [0.05, 0.1) is 0 Å². The maximum absolute atomic E-state index is 14.9. The van der Waals surface area contributed by atoms with Crippen molar-refractivity contribution in [3.63, 3.8) is 0 Å². The van der Waals surface area contributed by atoms with E-state index in [9.17, 15) is 30.7 Å². The highest BCUT2D eigenvalue weighted by Gasteiger charge is 2.43. The molecule has 0 amide bonds. The van der Waals surface area contributed by atoms with E-state index in [1.165, 1.54) is 0 Å². The van der Waals surface area contributed by atoms with Crippen molar-refractivity contribution >= 4 is 0 Å². The number of hydrogen-bond acceptors (Lipinski definition) is 1. The van der Waals surface area contributed by atoms with Gasteiger partial charge >= 0.3 is 6.18 Å². The lowest BCUT2D eigenvalue weighted by molar-refractivity contribution is -0.154. The molecule has 33 heavy (non-hydrogen) atoms. The van der Waals surface area contributed by atoms with Gasteiger partial charge in [0.25, 0.3) is 5.92 Å². The fourth-order valence-corrected chi connectivity index (χ4v) is 5.64. The molecule has 1 aromatic rings. The molecular formula is C25H33F7O. The number of alkyl halides is 5. The van der Waals surface area contributed by atoms with Crippen molar-refractivity contribution in [1.82, 2.24) is 0 Å². The summed E-state index contributed by atoms with van der Waals surface area (Å²) in [4.78, 5) is 0. The van der Waals surface area contributed by atoms with Gasteiger partial charge in [0, 0.05) is 12.3 Å². The molecule has 2 saturated carbocycles. The van der Waals surface area contributed by atoms with Crippen molar-refractivity contribution in [3.8, 4) is 5.75 Å². The van der Waals surface area contributed by atoms with Crippen LogP contribution in [0.5, 0.6) is 5.75 Å². The molecule has 0 aromatic heterocycles. The Morgan fingerprint density at radius 3 is 1.88 bits per heavy atom. The van der Waals surface area contributed by atoms with Crippen molar-refractivity contribution in [2.75, 3.05) is 6.61 Å². The second kappa shape index (κ2) is 10.9. The average Bonchev–Trinajstić information content (AvgIpc) is 2.73. The van der Waals surface area contributed by atoms with E-state index in [1.807, 2.05) is 0 Å². The Hall–Kier alpha value is -1.47. The molecule has 0 spiro atoms. The van der Waals surface area contributed by atoms with Gasteiger partial charge in [0.1, 0.15) is 0 Å². The zero-order chi connectivity index (χ0) is 24.2. The summed E-state index contributed by atoms with van der Waals surface area (Å²) in [5.74, 6) is -6.42. The molecule has 1 nitrogen and oxygen atoms in total. The first kappa shape index (κ1) is 26.1. The summed E-state index contributed by atoms with van der Waals surface area (Å²) in [5.41, 5.74) is 0.337. The summed E-state index contributed by atoms with van der Waals surface area (Å²) >= 11 is 0. The predicted octanol–water partition coefficient (Wildman–Crippen LogP) is 8.81. The standard InChI is InChI=1S/C25H33F7O/c1-2-3-16-6-10-20(11-7-16)24(28,29)14-17-4-8-18(9-5-17)19-12-21(26)23(22(27)13-19)33-15-25(30,31)32/h12-13,16-18,20H,2-11,14-15H2,1H3. The zero-order valence-electron chi connectivity index (χ0n) is 19.0. The highest BCUT2D eigenvalue weighted by Crippen LogP contribution is 2.46. The Kier molecular flexibility index (Phi) is 8.60. The Balaban J connectivity index is 1.52. The van der Waals surface area contributed by atoms with E-state index < -0.39 is 42.0 Å². The van der Waals surface area contributed by atoms with Crippen molar-refractivity contribution < 1.29 is 35.5 Å². The molecule has 8 heteroatoms. The molecule has 0 unspecified atom stereocenters. The van der Waals surface area contributed by atoms with Crippen LogP contribution in [-0.4, -0.2) is 18.7 Å². The molecule has 0 atom stereocenters. The second-order valence-electron chi connectivity index (χ2n) is 9.91. The van der Waals surface area contributed by atoms with Crippen LogP contribution in [0.3, 0.4) is 0 Å². The highest BCUT2D eigenvalue weighted by atomic mass is 19.4. The van der Waals surface area contributed by atoms with E-state index in [0.717, 1.165) is 37.8 Å². The summed E-state index contributed by atoms with van der Waals surface area (Å²) in [6.07, 6.45) is 2.39. The van der Waals surface area contributed by atoms with Crippen molar-refractivity contribution in [2.24, 2.45) is 17.8 Å². The Bertz CT molecular complexity index is 738. The Morgan fingerprint density at radius 1 is 0.818 bits per heavy atom. The van der Waals surface area contributed by atoms with Crippen LogP contribution in [0.2, 0.25) is 0 Å². The third-order valence-corrected chi connectivity index (χ3v) is 7.42. The minimum atomic E-state index is -4.70. The van der Waals surface area contributed by atoms with E-state index in [1.54, 1.807) is 0 Å². The summed E-state index contributed by atoms with van der Waals surface area (Å²) in [5, 5.41) is 0. The first-order chi connectivity index (χ1) is 15.5. The monoisotopic (exact) mass is 482 g/mol. The van der Waals surface area contributed by atoms with E-state index in [0.29, 0.717) is 50.0 Å². The van der Waals surface area contributed by atoms with Gasteiger partial charge in [0.15, 0.2) is 24.0 Å². The summed E-state index contributed by atoms with van der Waals surface area (Å²) in [6, 6.07) is 2.01. The van der Waals surface area contributed by atoms with Gasteiger partial charge in [-0.3, -0.25) is 0 Å². The lowest BCUT2D eigenvalue weighted by Crippen LogP contribution is -2.34. The van der Waals surface area contributed by atoms with Crippen LogP contribution >= 0.6 is 0 Å². The molecule has 0 saturated heterocycles. The van der Waals surface area contributed by atoms with Gasteiger partial charge in [-0.2, -0.15) is 13.2 Å². The van der Waals surface area contributed by atoms with Crippen molar-refractivity contribution in [3.05, 3.63) is 29.3 Å². The van der Waals surface area contributed by atoms with E-state index in [4.69, 9.17) is 0 Å². The van der Waals surface area contributed by atoms with Crippen LogP contribution in [0.25, 0.3) is 0 Å². The van der Waals surface area contributed by atoms with E-state index in [2.05, 4.69) is 11.7 Å². The van der Waals surface area contributed by atoms with Crippen LogP contribution in [0.15, 0.2) is 12.1 Å². The molecule has 1 aromatic carbocycles. The van der Waals surface area contributed by atoms with E-state index >= 15 is 0 Å². The zero-order valence-corrected chi connectivity index (χ0v) is 19.0. The molecule has 3 rings (SSSR count). The van der Waals surface area contributed by atoms with Crippen LogP contribution in [-0.2, 0) is 0 Å². The first-order valence-electron chi connectivity index (χ1n) is 12.0. The molecule has 0 radical (unpaired) electrons. The van der Waals surface area contributed by atoms with Gasteiger partial charge in [-0.05, 0) is 86.8 Å². The van der Waals surface area contributed by atoms with Crippen molar-refractivity contribution in [1.29, 1.82) is 0 Å². The molecule has 0 aliphatic heterocycles. The highest BCUT2D eigenvalue weighted by molar-refractivity contribution is 5.33. The molecule has 0 bridgehead atoms. The van der Waals surface area contributed by atoms with Gasteiger partial charge < -0.3 is 4.74 Å². The molecule has 0 N–H and O–H groups in total. The summed E-state index contributed by atoms with van der Waals surface area (Å²) in [7, 11) is 0. The fourth-order valence-electron chi connectivity index (χ4n) is 5.64. The number of benzene rings is 1. The van der Waals surface area contributed by atoms with Crippen LogP contribution in [0, 0.1) is 29.4 Å². The van der Waals surface area contributed by atoms with Gasteiger partial charge in [-0.1, -0.05) is 19.8 Å². The molecule has 188 valence electrons. The minimum Gasteiger partial charge on any atom is -0.478 e. The molecule has 2 fully saturated rings. The summed E-state index contributed by atoms with van der Waals surface area (Å²) < 4.78 is 99.3. The predicted molar refractivity (Wildman–Crippen MR) is 113 cm³/mol. The third kappa shape index (κ3) is 7.25. The second-order valence-corrected chi connectivity index (χ2v) is 9.91. The van der Waals surface area contributed by atoms with Crippen molar-refractivity contribution in [2.45, 2.75) is 95.6 Å². The maximum Gasteiger partial charge on any atom is 0.422 e.